The van der Waals surface area contributed by atoms with Crippen LogP contribution in [0.15, 0.2) is 18.2 Å². The van der Waals surface area contributed by atoms with Gasteiger partial charge >= 0.3 is 0 Å². The standard InChI is InChI=1S/C12H20N2O.ClH/c1-9-5-4-6-10(12(9)15)11(14)7-2-3-8-13;/h4-6,11,15H,2-3,7-8,13-14H2,1H3;1H/t11-;/m0./s1. The molecule has 0 amide bonds. The van der Waals surface area contributed by atoms with Crippen molar-refractivity contribution < 1.29 is 5.11 Å². The van der Waals surface area contributed by atoms with Crippen LogP contribution in [0.4, 0.5) is 0 Å². The minimum absolute atomic E-state index is 0. The van der Waals surface area contributed by atoms with E-state index in [2.05, 4.69) is 0 Å². The van der Waals surface area contributed by atoms with Gasteiger partial charge in [0, 0.05) is 11.6 Å². The Labute approximate surface area is 103 Å². The largest absolute Gasteiger partial charge is 0.507 e. The summed E-state index contributed by atoms with van der Waals surface area (Å²) in [4.78, 5) is 0. The second-order valence-corrected chi connectivity index (χ2v) is 3.90. The Morgan fingerprint density at radius 1 is 1.31 bits per heavy atom. The predicted molar refractivity (Wildman–Crippen MR) is 69.9 cm³/mol. The number of rotatable bonds is 5. The number of phenols is 1. The van der Waals surface area contributed by atoms with Crippen molar-refractivity contribution in [3.63, 3.8) is 0 Å². The Bertz CT molecular complexity index is 318. The van der Waals surface area contributed by atoms with Crippen LogP contribution >= 0.6 is 12.4 Å². The molecule has 0 aliphatic carbocycles. The molecule has 0 saturated heterocycles. The molecule has 0 bridgehead atoms. The van der Waals surface area contributed by atoms with Gasteiger partial charge in [0.1, 0.15) is 5.75 Å². The van der Waals surface area contributed by atoms with Gasteiger partial charge in [0.15, 0.2) is 0 Å². The molecule has 3 nitrogen and oxygen atoms in total. The zero-order valence-corrected chi connectivity index (χ0v) is 10.5. The molecule has 0 aromatic heterocycles. The molecule has 92 valence electrons. The van der Waals surface area contributed by atoms with Gasteiger partial charge in [-0.1, -0.05) is 24.6 Å². The van der Waals surface area contributed by atoms with E-state index >= 15 is 0 Å². The molecule has 0 fully saturated rings. The van der Waals surface area contributed by atoms with Crippen LogP contribution in [0.25, 0.3) is 0 Å². The smallest absolute Gasteiger partial charge is 0.123 e. The van der Waals surface area contributed by atoms with Crippen LogP contribution in [0.5, 0.6) is 5.75 Å². The maximum atomic E-state index is 9.82. The third-order valence-corrected chi connectivity index (χ3v) is 2.64. The van der Waals surface area contributed by atoms with Crippen molar-refractivity contribution in [1.82, 2.24) is 0 Å². The fourth-order valence-electron chi connectivity index (χ4n) is 1.64. The lowest BCUT2D eigenvalue weighted by molar-refractivity contribution is 0.452. The third kappa shape index (κ3) is 4.00. The Kier molecular flexibility index (Phi) is 7.13. The maximum Gasteiger partial charge on any atom is 0.123 e. The summed E-state index contributed by atoms with van der Waals surface area (Å²) in [6.07, 6.45) is 2.86. The first-order valence-corrected chi connectivity index (χ1v) is 5.41. The van der Waals surface area contributed by atoms with E-state index in [1.165, 1.54) is 0 Å². The van der Waals surface area contributed by atoms with Crippen molar-refractivity contribution in [2.24, 2.45) is 11.5 Å². The summed E-state index contributed by atoms with van der Waals surface area (Å²) in [5.74, 6) is 0.331. The van der Waals surface area contributed by atoms with Gasteiger partial charge < -0.3 is 16.6 Å². The van der Waals surface area contributed by atoms with Crippen LogP contribution in [-0.4, -0.2) is 11.7 Å². The van der Waals surface area contributed by atoms with Crippen molar-refractivity contribution in [2.75, 3.05) is 6.54 Å². The molecule has 0 saturated carbocycles. The van der Waals surface area contributed by atoms with Gasteiger partial charge in [0.2, 0.25) is 0 Å². The summed E-state index contributed by atoms with van der Waals surface area (Å²) >= 11 is 0. The minimum atomic E-state index is -0.0866. The highest BCUT2D eigenvalue weighted by Crippen LogP contribution is 2.28. The Hall–Kier alpha value is -0.770. The lowest BCUT2D eigenvalue weighted by Crippen LogP contribution is -2.11. The van der Waals surface area contributed by atoms with E-state index in [1.54, 1.807) is 0 Å². The highest BCUT2D eigenvalue weighted by atomic mass is 35.5. The van der Waals surface area contributed by atoms with Crippen LogP contribution < -0.4 is 11.5 Å². The highest BCUT2D eigenvalue weighted by Gasteiger charge is 2.11. The fourth-order valence-corrected chi connectivity index (χ4v) is 1.64. The van der Waals surface area contributed by atoms with E-state index in [-0.39, 0.29) is 18.4 Å². The van der Waals surface area contributed by atoms with Crippen LogP contribution in [0.3, 0.4) is 0 Å². The first kappa shape index (κ1) is 15.2. The number of benzene rings is 1. The van der Waals surface area contributed by atoms with E-state index in [0.717, 1.165) is 30.4 Å². The van der Waals surface area contributed by atoms with E-state index in [1.807, 2.05) is 25.1 Å². The second kappa shape index (κ2) is 7.49. The normalized spacial score (nSPS) is 11.9. The predicted octanol–water partition coefficient (Wildman–Crippen LogP) is 2.25. The number of halogens is 1. The number of aromatic hydroxyl groups is 1. The van der Waals surface area contributed by atoms with E-state index in [9.17, 15) is 5.11 Å². The van der Waals surface area contributed by atoms with Gasteiger partial charge in [-0.2, -0.15) is 0 Å². The first-order chi connectivity index (χ1) is 7.16. The summed E-state index contributed by atoms with van der Waals surface area (Å²) in [5, 5.41) is 9.82. The van der Waals surface area contributed by atoms with Gasteiger partial charge in [-0.05, 0) is 31.9 Å². The molecular weight excluding hydrogens is 224 g/mol. The molecule has 0 aliphatic rings. The highest BCUT2D eigenvalue weighted by molar-refractivity contribution is 5.85. The molecule has 0 spiro atoms. The monoisotopic (exact) mass is 244 g/mol. The van der Waals surface area contributed by atoms with Crippen molar-refractivity contribution >= 4 is 12.4 Å². The van der Waals surface area contributed by atoms with Gasteiger partial charge in [0.25, 0.3) is 0 Å². The number of aryl methyl sites for hydroxylation is 1. The van der Waals surface area contributed by atoms with Gasteiger partial charge in [-0.25, -0.2) is 0 Å². The second-order valence-electron chi connectivity index (χ2n) is 3.90. The maximum absolute atomic E-state index is 9.82. The minimum Gasteiger partial charge on any atom is -0.507 e. The van der Waals surface area contributed by atoms with E-state index in [4.69, 9.17) is 11.5 Å². The van der Waals surface area contributed by atoms with Crippen LogP contribution in [0.2, 0.25) is 0 Å². The molecule has 0 radical (unpaired) electrons. The van der Waals surface area contributed by atoms with Crippen molar-refractivity contribution in [3.05, 3.63) is 29.3 Å². The summed E-state index contributed by atoms with van der Waals surface area (Å²) in [7, 11) is 0. The number of para-hydroxylation sites is 1. The molecule has 0 unspecified atom stereocenters. The summed E-state index contributed by atoms with van der Waals surface area (Å²) < 4.78 is 0. The van der Waals surface area contributed by atoms with Crippen LogP contribution in [0.1, 0.15) is 36.4 Å². The molecule has 5 N–H and O–H groups in total. The zero-order valence-electron chi connectivity index (χ0n) is 9.65. The lowest BCUT2D eigenvalue weighted by atomic mass is 9.99. The third-order valence-electron chi connectivity index (χ3n) is 2.64. The Morgan fingerprint density at radius 2 is 2.00 bits per heavy atom. The average molecular weight is 245 g/mol. The number of hydrogen-bond donors (Lipinski definition) is 3. The Morgan fingerprint density at radius 3 is 2.62 bits per heavy atom. The first-order valence-electron chi connectivity index (χ1n) is 5.41. The van der Waals surface area contributed by atoms with Gasteiger partial charge in [0.05, 0.1) is 0 Å². The van der Waals surface area contributed by atoms with Crippen molar-refractivity contribution in [2.45, 2.75) is 32.2 Å². The van der Waals surface area contributed by atoms with Crippen LogP contribution in [0, 0.1) is 6.92 Å². The van der Waals surface area contributed by atoms with Crippen molar-refractivity contribution in [1.29, 1.82) is 0 Å². The summed E-state index contributed by atoms with van der Waals surface area (Å²) in [6.45, 7) is 2.58. The van der Waals surface area contributed by atoms with E-state index < -0.39 is 0 Å². The summed E-state index contributed by atoms with van der Waals surface area (Å²) in [5.41, 5.74) is 13.1. The summed E-state index contributed by atoms with van der Waals surface area (Å²) in [6, 6.07) is 5.60. The molecule has 0 aliphatic heterocycles. The quantitative estimate of drug-likeness (QED) is 0.696. The fraction of sp³-hybridized carbons (Fsp3) is 0.500. The lowest BCUT2D eigenvalue weighted by Gasteiger charge is -2.14. The molecule has 16 heavy (non-hydrogen) atoms. The van der Waals surface area contributed by atoms with Crippen molar-refractivity contribution in [3.8, 4) is 5.75 Å². The Balaban J connectivity index is 0.00000225. The van der Waals surface area contributed by atoms with Crippen LogP contribution in [-0.2, 0) is 0 Å². The van der Waals surface area contributed by atoms with Gasteiger partial charge in [-0.3, -0.25) is 0 Å². The number of hydrogen-bond acceptors (Lipinski definition) is 3. The number of phenolic OH excluding ortho intramolecular Hbond substituents is 1. The number of unbranched alkanes of at least 4 members (excludes halogenated alkanes) is 1. The molecule has 1 rings (SSSR count). The molecule has 1 aromatic rings. The number of nitrogens with two attached hydrogens (primary N) is 2. The molecule has 1 atom stereocenters. The molecular formula is C12H21ClN2O. The molecule has 0 heterocycles. The van der Waals surface area contributed by atoms with Gasteiger partial charge in [-0.15, -0.1) is 12.4 Å². The van der Waals surface area contributed by atoms with E-state index in [0.29, 0.717) is 12.3 Å². The zero-order chi connectivity index (χ0) is 11.3. The SMILES string of the molecule is Cc1cccc([C@@H](N)CCCCN)c1O.Cl. The molecule has 1 aromatic carbocycles. The molecule has 4 heteroatoms. The average Bonchev–Trinajstić information content (AvgIpc) is 2.22. The topological polar surface area (TPSA) is 72.3 Å².